The van der Waals surface area contributed by atoms with Gasteiger partial charge in [0.25, 0.3) is 0 Å². The second-order valence-corrected chi connectivity index (χ2v) is 7.29. The van der Waals surface area contributed by atoms with Crippen molar-refractivity contribution in [1.82, 2.24) is 10.3 Å². The molecule has 19 heavy (non-hydrogen) atoms. The first-order valence-corrected chi connectivity index (χ1v) is 7.25. The first kappa shape index (κ1) is 14.7. The van der Waals surface area contributed by atoms with Gasteiger partial charge >= 0.3 is 0 Å². The molecule has 0 saturated heterocycles. The SMILES string of the molecule is Cc1ccc2nc(N[C@H](NC=O)C(Cl)(Cl)Cl)sc2c1. The largest absolute Gasteiger partial charge is 0.338 e. The zero-order valence-corrected chi connectivity index (χ0v) is 12.9. The molecule has 2 N–H and O–H groups in total. The number of alkyl halides is 3. The number of fused-ring (bicyclic) bond motifs is 1. The normalized spacial score (nSPS) is 13.3. The van der Waals surface area contributed by atoms with Gasteiger partial charge in [-0.15, -0.1) is 0 Å². The smallest absolute Gasteiger partial charge is 0.228 e. The van der Waals surface area contributed by atoms with E-state index in [9.17, 15) is 4.79 Å². The maximum atomic E-state index is 10.5. The van der Waals surface area contributed by atoms with Gasteiger partial charge in [0.1, 0.15) is 6.17 Å². The molecule has 4 nitrogen and oxygen atoms in total. The summed E-state index contributed by atoms with van der Waals surface area (Å²) >= 11 is 18.8. The number of rotatable bonds is 4. The Morgan fingerprint density at radius 2 is 2.16 bits per heavy atom. The zero-order valence-electron chi connectivity index (χ0n) is 9.78. The van der Waals surface area contributed by atoms with Crippen LogP contribution in [0.1, 0.15) is 5.56 Å². The van der Waals surface area contributed by atoms with Crippen LogP contribution in [0.15, 0.2) is 18.2 Å². The molecule has 102 valence electrons. The maximum Gasteiger partial charge on any atom is 0.228 e. The monoisotopic (exact) mass is 337 g/mol. The van der Waals surface area contributed by atoms with Crippen LogP contribution in [-0.4, -0.2) is 21.4 Å². The average molecular weight is 339 g/mol. The molecule has 1 aromatic heterocycles. The number of nitrogens with one attached hydrogen (secondary N) is 2. The molecule has 0 bridgehead atoms. The van der Waals surface area contributed by atoms with E-state index in [0.29, 0.717) is 11.5 Å². The molecule has 0 unspecified atom stereocenters. The second-order valence-electron chi connectivity index (χ2n) is 3.89. The minimum Gasteiger partial charge on any atom is -0.338 e. The summed E-state index contributed by atoms with van der Waals surface area (Å²) in [5, 5.41) is 5.88. The Hall–Kier alpha value is -0.750. The Kier molecular flexibility index (Phi) is 4.40. The summed E-state index contributed by atoms with van der Waals surface area (Å²) in [4.78, 5) is 14.9. The molecule has 2 aromatic rings. The third-order valence-electron chi connectivity index (χ3n) is 2.37. The molecule has 0 radical (unpaired) electrons. The van der Waals surface area contributed by atoms with E-state index in [-0.39, 0.29) is 0 Å². The Morgan fingerprint density at radius 1 is 1.42 bits per heavy atom. The number of thiazole rings is 1. The van der Waals surface area contributed by atoms with Crippen LogP contribution in [0, 0.1) is 6.92 Å². The summed E-state index contributed by atoms with van der Waals surface area (Å²) in [6.45, 7) is 2.00. The van der Waals surface area contributed by atoms with Crippen LogP contribution < -0.4 is 10.6 Å². The minimum atomic E-state index is -1.67. The van der Waals surface area contributed by atoms with E-state index in [0.717, 1.165) is 15.8 Å². The highest BCUT2D eigenvalue weighted by Gasteiger charge is 2.33. The molecule has 0 spiro atoms. The van der Waals surface area contributed by atoms with Gasteiger partial charge in [-0.2, -0.15) is 0 Å². The Labute approximate surface area is 129 Å². The summed E-state index contributed by atoms with van der Waals surface area (Å²) in [5.74, 6) is 0. The molecule has 0 fully saturated rings. The molecule has 1 amide bonds. The minimum absolute atomic E-state index is 0.469. The van der Waals surface area contributed by atoms with Gasteiger partial charge in [0.05, 0.1) is 10.2 Å². The van der Waals surface area contributed by atoms with Crippen molar-refractivity contribution in [2.45, 2.75) is 16.9 Å². The first-order valence-electron chi connectivity index (χ1n) is 5.30. The summed E-state index contributed by atoms with van der Waals surface area (Å²) in [6, 6.07) is 5.92. The number of carbonyl (C=O) groups excluding carboxylic acids is 1. The summed E-state index contributed by atoms with van der Waals surface area (Å²) in [5.41, 5.74) is 2.00. The fourth-order valence-corrected chi connectivity index (χ4v) is 2.85. The van der Waals surface area contributed by atoms with Crippen molar-refractivity contribution >= 4 is 67.9 Å². The van der Waals surface area contributed by atoms with Crippen molar-refractivity contribution in [2.24, 2.45) is 0 Å². The number of hydrogen-bond acceptors (Lipinski definition) is 4. The van der Waals surface area contributed by atoms with Crippen LogP contribution >= 0.6 is 46.1 Å². The van der Waals surface area contributed by atoms with Gasteiger partial charge < -0.3 is 10.6 Å². The number of carbonyl (C=O) groups is 1. The van der Waals surface area contributed by atoms with Crippen molar-refractivity contribution < 1.29 is 4.79 Å². The van der Waals surface area contributed by atoms with E-state index in [1.165, 1.54) is 11.3 Å². The maximum absolute atomic E-state index is 10.5. The molecule has 1 heterocycles. The molecule has 0 aliphatic rings. The second kappa shape index (κ2) is 5.71. The highest BCUT2D eigenvalue weighted by Crippen LogP contribution is 2.33. The van der Waals surface area contributed by atoms with Gasteiger partial charge in [-0.1, -0.05) is 52.2 Å². The predicted molar refractivity (Wildman–Crippen MR) is 81.3 cm³/mol. The Morgan fingerprint density at radius 3 is 2.79 bits per heavy atom. The standard InChI is InChI=1S/C11H10Cl3N3OS/c1-6-2-3-7-8(4-6)19-10(16-7)17-9(15-5-18)11(12,13)14/h2-5,9H,1H3,(H,15,18)(H,16,17)/t9-/m0/s1. The third kappa shape index (κ3) is 3.63. The number of hydrogen-bond donors (Lipinski definition) is 2. The van der Waals surface area contributed by atoms with E-state index in [4.69, 9.17) is 34.8 Å². The quantitative estimate of drug-likeness (QED) is 0.510. The molecule has 8 heteroatoms. The number of aromatic nitrogens is 1. The number of benzene rings is 1. The van der Waals surface area contributed by atoms with E-state index >= 15 is 0 Å². The van der Waals surface area contributed by atoms with Gasteiger partial charge in [-0.05, 0) is 24.6 Å². The zero-order chi connectivity index (χ0) is 14.0. The topological polar surface area (TPSA) is 54.0 Å². The molecular weight excluding hydrogens is 329 g/mol. The fourth-order valence-electron chi connectivity index (χ4n) is 1.50. The highest BCUT2D eigenvalue weighted by molar-refractivity contribution is 7.22. The van der Waals surface area contributed by atoms with Crippen molar-refractivity contribution in [3.63, 3.8) is 0 Å². The molecule has 1 aromatic carbocycles. The number of aryl methyl sites for hydroxylation is 1. The average Bonchev–Trinajstić information content (AvgIpc) is 2.68. The molecule has 0 saturated carbocycles. The summed E-state index contributed by atoms with van der Waals surface area (Å²) < 4.78 is -0.647. The van der Waals surface area contributed by atoms with Crippen molar-refractivity contribution in [3.8, 4) is 0 Å². The van der Waals surface area contributed by atoms with Gasteiger partial charge in [0, 0.05) is 0 Å². The predicted octanol–water partition coefficient (Wildman–Crippen LogP) is 3.46. The fraction of sp³-hybridized carbons (Fsp3) is 0.273. The molecule has 2 rings (SSSR count). The summed E-state index contributed by atoms with van der Waals surface area (Å²) in [7, 11) is 0. The number of anilines is 1. The van der Waals surface area contributed by atoms with Crippen LogP contribution in [0.3, 0.4) is 0 Å². The van der Waals surface area contributed by atoms with Crippen LogP contribution in [0.2, 0.25) is 0 Å². The molecule has 0 aliphatic heterocycles. The van der Waals surface area contributed by atoms with E-state index in [1.807, 2.05) is 25.1 Å². The van der Waals surface area contributed by atoms with Crippen molar-refractivity contribution in [2.75, 3.05) is 5.32 Å². The Balaban J connectivity index is 2.26. The number of halogens is 3. The molecule has 1 atom stereocenters. The van der Waals surface area contributed by atoms with Crippen molar-refractivity contribution in [1.29, 1.82) is 0 Å². The van der Waals surface area contributed by atoms with E-state index in [1.54, 1.807) is 0 Å². The van der Waals surface area contributed by atoms with Crippen LogP contribution in [0.4, 0.5) is 5.13 Å². The van der Waals surface area contributed by atoms with Gasteiger partial charge in [0.15, 0.2) is 5.13 Å². The lowest BCUT2D eigenvalue weighted by Gasteiger charge is -2.24. The number of nitrogens with zero attached hydrogens (tertiary/aromatic N) is 1. The lowest BCUT2D eigenvalue weighted by molar-refractivity contribution is -0.110. The Bertz CT molecular complexity index is 596. The van der Waals surface area contributed by atoms with Crippen LogP contribution in [-0.2, 0) is 4.79 Å². The first-order chi connectivity index (χ1) is 8.90. The lowest BCUT2D eigenvalue weighted by Crippen LogP contribution is -2.45. The van der Waals surface area contributed by atoms with Gasteiger partial charge in [0.2, 0.25) is 10.2 Å². The van der Waals surface area contributed by atoms with Gasteiger partial charge in [-0.25, -0.2) is 4.98 Å². The van der Waals surface area contributed by atoms with Crippen LogP contribution in [0.5, 0.6) is 0 Å². The third-order valence-corrected chi connectivity index (χ3v) is 3.98. The van der Waals surface area contributed by atoms with Crippen molar-refractivity contribution in [3.05, 3.63) is 23.8 Å². The summed E-state index contributed by atoms with van der Waals surface area (Å²) in [6.07, 6.45) is -0.381. The highest BCUT2D eigenvalue weighted by atomic mass is 35.6. The molecular formula is C11H10Cl3N3OS. The van der Waals surface area contributed by atoms with Gasteiger partial charge in [-0.3, -0.25) is 4.79 Å². The van der Waals surface area contributed by atoms with E-state index < -0.39 is 9.96 Å². The lowest BCUT2D eigenvalue weighted by atomic mass is 10.2. The number of amides is 1. The van der Waals surface area contributed by atoms with E-state index in [2.05, 4.69) is 15.6 Å². The van der Waals surface area contributed by atoms with Crippen LogP contribution in [0.25, 0.3) is 10.2 Å². The molecule has 0 aliphatic carbocycles.